The maximum absolute atomic E-state index is 14.4. The molecule has 3 amide bonds. The van der Waals surface area contributed by atoms with Crippen molar-refractivity contribution in [1.82, 2.24) is 19.8 Å². The highest BCUT2D eigenvalue weighted by Crippen LogP contribution is 2.45. The molecule has 13 heteroatoms. The van der Waals surface area contributed by atoms with Crippen LogP contribution in [0, 0.1) is 4.77 Å². The quantitative estimate of drug-likeness (QED) is 0.587. The van der Waals surface area contributed by atoms with Gasteiger partial charge in [-0.15, -0.1) is 0 Å². The van der Waals surface area contributed by atoms with E-state index in [9.17, 15) is 32.3 Å². The second kappa shape index (κ2) is 7.58. The number of benzene rings is 1. The topological polar surface area (TPSA) is 116 Å². The van der Waals surface area contributed by atoms with Gasteiger partial charge in [-0.05, 0) is 30.8 Å². The minimum atomic E-state index is -5.38. The van der Waals surface area contributed by atoms with Crippen LogP contribution in [0.4, 0.5) is 19.0 Å². The van der Waals surface area contributed by atoms with Gasteiger partial charge in [-0.2, -0.15) is 13.2 Å². The Kier molecular flexibility index (Phi) is 5.15. The number of aromatic amines is 1. The number of fused-ring (bicyclic) bond motifs is 1. The molecule has 1 aromatic carbocycles. The third kappa shape index (κ3) is 3.28. The predicted molar refractivity (Wildman–Crippen MR) is 108 cm³/mol. The number of hydrogen-bond acceptors (Lipinski definition) is 5. The number of nitrogens with one attached hydrogen (secondary N) is 3. The molecule has 1 atom stereocenters. The number of likely N-dealkylation sites (tertiary alicyclic amines) is 1. The van der Waals surface area contributed by atoms with Gasteiger partial charge in [-0.1, -0.05) is 18.2 Å². The van der Waals surface area contributed by atoms with E-state index < -0.39 is 47.0 Å². The summed E-state index contributed by atoms with van der Waals surface area (Å²) in [5.41, 5.74) is -5.67. The SMILES string of the molecule is O=C(CN1CCCC1=O)NC1(C(F)(F)F)C(=O)Nc2c1c(=O)[nH]c(=S)n2-c1ccccc1. The lowest BCUT2D eigenvalue weighted by Gasteiger charge is -2.30. The zero-order valence-electron chi connectivity index (χ0n) is 16.3. The lowest BCUT2D eigenvalue weighted by molar-refractivity contribution is -0.200. The molecule has 2 aromatic rings. The van der Waals surface area contributed by atoms with Crippen LogP contribution in [0.1, 0.15) is 18.4 Å². The van der Waals surface area contributed by atoms with Crippen molar-refractivity contribution in [3.05, 3.63) is 51.0 Å². The molecule has 32 heavy (non-hydrogen) atoms. The van der Waals surface area contributed by atoms with Gasteiger partial charge in [0.25, 0.3) is 11.5 Å². The number of rotatable bonds is 4. The summed E-state index contributed by atoms with van der Waals surface area (Å²) in [5.74, 6) is -3.76. The van der Waals surface area contributed by atoms with Crippen LogP contribution in [0.25, 0.3) is 5.69 Å². The van der Waals surface area contributed by atoms with Gasteiger partial charge in [0.1, 0.15) is 11.4 Å². The Labute approximate surface area is 183 Å². The van der Waals surface area contributed by atoms with Gasteiger partial charge >= 0.3 is 6.18 Å². The summed E-state index contributed by atoms with van der Waals surface area (Å²) in [6, 6.07) is 7.89. The monoisotopic (exact) mass is 467 g/mol. The Morgan fingerprint density at radius 3 is 2.47 bits per heavy atom. The van der Waals surface area contributed by atoms with Crippen molar-refractivity contribution < 1.29 is 27.6 Å². The minimum Gasteiger partial charge on any atom is -0.333 e. The molecule has 4 rings (SSSR count). The number of carbonyl (C=O) groups excluding carboxylic acids is 3. The Morgan fingerprint density at radius 2 is 1.88 bits per heavy atom. The highest BCUT2D eigenvalue weighted by Gasteiger charge is 2.68. The molecular formula is C19H16F3N5O4S. The first-order valence-electron chi connectivity index (χ1n) is 9.48. The fourth-order valence-corrected chi connectivity index (χ4v) is 4.18. The zero-order valence-corrected chi connectivity index (χ0v) is 17.1. The Balaban J connectivity index is 1.87. The van der Waals surface area contributed by atoms with E-state index in [0.717, 1.165) is 9.47 Å². The first-order valence-corrected chi connectivity index (χ1v) is 9.89. The molecular weight excluding hydrogens is 451 g/mol. The van der Waals surface area contributed by atoms with Crippen LogP contribution in [-0.4, -0.2) is 51.4 Å². The van der Waals surface area contributed by atoms with Crippen LogP contribution >= 0.6 is 12.2 Å². The second-order valence-corrected chi connectivity index (χ2v) is 7.71. The van der Waals surface area contributed by atoms with Gasteiger partial charge in [-0.3, -0.25) is 28.7 Å². The summed E-state index contributed by atoms with van der Waals surface area (Å²) in [4.78, 5) is 52.9. The highest BCUT2D eigenvalue weighted by molar-refractivity contribution is 7.71. The molecule has 168 valence electrons. The first kappa shape index (κ1) is 21.7. The molecule has 3 heterocycles. The number of hydrogen-bond donors (Lipinski definition) is 3. The standard InChI is InChI=1S/C19H16F3N5O4S/c20-19(21,22)18(25-11(28)9-26-8-4-7-12(26)29)13-14(23-16(18)31)27(17(32)24-15(13)30)10-5-2-1-3-6-10/h1-3,5-6H,4,7-9H2,(H,23,31)(H,25,28)(H,24,30,32). The average molecular weight is 467 g/mol. The smallest absolute Gasteiger partial charge is 0.333 e. The van der Waals surface area contributed by atoms with E-state index in [-0.39, 0.29) is 29.3 Å². The van der Waals surface area contributed by atoms with E-state index in [4.69, 9.17) is 12.2 Å². The molecule has 1 saturated heterocycles. The van der Waals surface area contributed by atoms with Crippen LogP contribution < -0.4 is 16.2 Å². The number of amides is 3. The van der Waals surface area contributed by atoms with E-state index in [2.05, 4.69) is 10.3 Å². The Bertz CT molecular complexity index is 1240. The number of halogens is 3. The van der Waals surface area contributed by atoms with Crippen molar-refractivity contribution >= 4 is 35.8 Å². The molecule has 1 fully saturated rings. The van der Waals surface area contributed by atoms with Gasteiger partial charge in [0.05, 0.1) is 6.54 Å². The van der Waals surface area contributed by atoms with Crippen LogP contribution in [0.3, 0.4) is 0 Å². The van der Waals surface area contributed by atoms with Gasteiger partial charge in [0.2, 0.25) is 17.4 Å². The van der Waals surface area contributed by atoms with Crippen molar-refractivity contribution in [3.63, 3.8) is 0 Å². The van der Waals surface area contributed by atoms with Crippen molar-refractivity contribution in [2.24, 2.45) is 0 Å². The first-order chi connectivity index (χ1) is 15.1. The van der Waals surface area contributed by atoms with E-state index in [1.807, 2.05) is 0 Å². The Morgan fingerprint density at radius 1 is 1.19 bits per heavy atom. The highest BCUT2D eigenvalue weighted by atomic mass is 32.1. The van der Waals surface area contributed by atoms with Crippen molar-refractivity contribution in [2.45, 2.75) is 24.6 Å². The summed E-state index contributed by atoms with van der Waals surface area (Å²) in [6.07, 6.45) is -4.73. The average Bonchev–Trinajstić information content (AvgIpc) is 3.23. The molecule has 0 saturated carbocycles. The Hall–Kier alpha value is -3.48. The third-order valence-corrected chi connectivity index (χ3v) is 5.62. The second-order valence-electron chi connectivity index (χ2n) is 7.32. The molecule has 1 aromatic heterocycles. The number of nitrogens with zero attached hydrogens (tertiary/aromatic N) is 2. The number of para-hydroxylation sites is 1. The number of H-pyrrole nitrogens is 1. The maximum Gasteiger partial charge on any atom is 0.425 e. The fraction of sp³-hybridized carbons (Fsp3) is 0.316. The van der Waals surface area contributed by atoms with Crippen LogP contribution in [0.5, 0.6) is 0 Å². The number of alkyl halides is 3. The molecule has 2 aliphatic heterocycles. The number of aromatic nitrogens is 2. The van der Waals surface area contributed by atoms with Gasteiger partial charge in [0, 0.05) is 18.7 Å². The van der Waals surface area contributed by atoms with Crippen LogP contribution in [0.15, 0.2) is 35.1 Å². The maximum atomic E-state index is 14.4. The lowest BCUT2D eigenvalue weighted by atomic mass is 9.92. The molecule has 0 bridgehead atoms. The molecule has 9 nitrogen and oxygen atoms in total. The third-order valence-electron chi connectivity index (χ3n) is 5.33. The lowest BCUT2D eigenvalue weighted by Crippen LogP contribution is -2.63. The molecule has 0 radical (unpaired) electrons. The van der Waals surface area contributed by atoms with E-state index in [1.165, 1.54) is 12.1 Å². The van der Waals surface area contributed by atoms with Crippen molar-refractivity contribution in [3.8, 4) is 5.69 Å². The summed E-state index contributed by atoms with van der Waals surface area (Å²) in [5, 5.41) is 3.76. The van der Waals surface area contributed by atoms with E-state index >= 15 is 0 Å². The van der Waals surface area contributed by atoms with Crippen LogP contribution in [0.2, 0.25) is 0 Å². The van der Waals surface area contributed by atoms with E-state index in [0.29, 0.717) is 6.42 Å². The van der Waals surface area contributed by atoms with Crippen LogP contribution in [-0.2, 0) is 19.9 Å². The molecule has 0 aliphatic carbocycles. The predicted octanol–water partition coefficient (Wildman–Crippen LogP) is 1.34. The van der Waals surface area contributed by atoms with Crippen molar-refractivity contribution in [2.75, 3.05) is 18.4 Å². The fourth-order valence-electron chi connectivity index (χ4n) is 3.89. The number of carbonyl (C=O) groups is 3. The van der Waals surface area contributed by atoms with Gasteiger partial charge < -0.3 is 15.5 Å². The zero-order chi connectivity index (χ0) is 23.3. The van der Waals surface area contributed by atoms with Gasteiger partial charge in [-0.25, -0.2) is 0 Å². The van der Waals surface area contributed by atoms with Gasteiger partial charge in [0.15, 0.2) is 4.77 Å². The normalized spacial score (nSPS) is 20.3. The van der Waals surface area contributed by atoms with E-state index in [1.54, 1.807) is 23.5 Å². The number of anilines is 1. The summed E-state index contributed by atoms with van der Waals surface area (Å²) >= 11 is 5.11. The van der Waals surface area contributed by atoms with Crippen molar-refractivity contribution in [1.29, 1.82) is 0 Å². The summed E-state index contributed by atoms with van der Waals surface area (Å²) in [7, 11) is 0. The largest absolute Gasteiger partial charge is 0.425 e. The molecule has 0 spiro atoms. The summed E-state index contributed by atoms with van der Waals surface area (Å²) < 4.78 is 43.9. The summed E-state index contributed by atoms with van der Waals surface area (Å²) in [6.45, 7) is -0.461. The molecule has 1 unspecified atom stereocenters. The molecule has 3 N–H and O–H groups in total. The molecule has 2 aliphatic rings. The minimum absolute atomic E-state index is 0.180.